The van der Waals surface area contributed by atoms with E-state index in [1.165, 1.54) is 17.8 Å². The van der Waals surface area contributed by atoms with Crippen LogP contribution in [0.5, 0.6) is 0 Å². The molecule has 0 aliphatic heterocycles. The number of benzene rings is 1. The van der Waals surface area contributed by atoms with E-state index >= 15 is 0 Å². The van der Waals surface area contributed by atoms with Crippen LogP contribution in [0, 0.1) is 0 Å². The molecule has 0 spiro atoms. The van der Waals surface area contributed by atoms with Crippen LogP contribution in [0.4, 0.5) is 13.2 Å². The van der Waals surface area contributed by atoms with Gasteiger partial charge in [0, 0.05) is 9.64 Å². The Morgan fingerprint density at radius 3 is 2.18 bits per heavy atom. The van der Waals surface area contributed by atoms with E-state index in [-0.39, 0.29) is 10.3 Å². The first-order chi connectivity index (χ1) is 7.63. The van der Waals surface area contributed by atoms with Gasteiger partial charge in [0.05, 0.1) is 12.2 Å². The third-order valence-corrected chi connectivity index (χ3v) is 3.08. The Kier molecular flexibility index (Phi) is 4.15. The molecule has 1 aromatic carbocycles. The van der Waals surface area contributed by atoms with E-state index < -0.39 is 18.3 Å². The third kappa shape index (κ3) is 4.24. The second-order valence-electron chi connectivity index (χ2n) is 4.69. The fourth-order valence-electron chi connectivity index (χ4n) is 1.37. The van der Waals surface area contributed by atoms with Crippen LogP contribution in [0.25, 0.3) is 0 Å². The summed E-state index contributed by atoms with van der Waals surface area (Å²) in [5.41, 5.74) is -0.843. The Balaban J connectivity index is 3.14. The lowest BCUT2D eigenvalue weighted by Crippen LogP contribution is -2.11. The largest absolute Gasteiger partial charge is 0.416 e. The first kappa shape index (κ1) is 14.4. The van der Waals surface area contributed by atoms with Crippen molar-refractivity contribution in [3.05, 3.63) is 29.3 Å². The summed E-state index contributed by atoms with van der Waals surface area (Å²) in [5, 5.41) is 8.90. The van der Waals surface area contributed by atoms with Gasteiger partial charge in [-0.1, -0.05) is 26.8 Å². The molecule has 0 unspecified atom stereocenters. The van der Waals surface area contributed by atoms with Crippen LogP contribution in [-0.2, 0) is 12.8 Å². The van der Waals surface area contributed by atoms with Crippen molar-refractivity contribution in [2.45, 2.75) is 43.2 Å². The van der Waals surface area contributed by atoms with Gasteiger partial charge in [-0.3, -0.25) is 0 Å². The molecule has 0 aliphatic carbocycles. The molecule has 96 valence electrons. The smallest absolute Gasteiger partial charge is 0.392 e. The lowest BCUT2D eigenvalue weighted by atomic mass is 10.1. The summed E-state index contributed by atoms with van der Waals surface area (Å²) in [7, 11) is 0. The van der Waals surface area contributed by atoms with Gasteiger partial charge in [-0.05, 0) is 17.7 Å². The summed E-state index contributed by atoms with van der Waals surface area (Å²) >= 11 is 1.37. The number of thioether (sulfide) groups is 1. The Labute approximate surface area is 103 Å². The van der Waals surface area contributed by atoms with Crippen molar-refractivity contribution in [3.8, 4) is 0 Å². The molecule has 5 heteroatoms. The Morgan fingerprint density at radius 1 is 1.18 bits per heavy atom. The quantitative estimate of drug-likeness (QED) is 0.812. The molecule has 1 N–H and O–H groups in total. The molecule has 17 heavy (non-hydrogen) atoms. The summed E-state index contributed by atoms with van der Waals surface area (Å²) in [6, 6.07) is 4.04. The fourth-order valence-corrected chi connectivity index (χ4v) is 2.39. The highest BCUT2D eigenvalue weighted by Crippen LogP contribution is 2.38. The van der Waals surface area contributed by atoms with Gasteiger partial charge < -0.3 is 5.11 Å². The molecule has 0 aliphatic rings. The van der Waals surface area contributed by atoms with Crippen molar-refractivity contribution < 1.29 is 18.3 Å². The van der Waals surface area contributed by atoms with E-state index in [0.717, 1.165) is 6.07 Å². The highest BCUT2D eigenvalue weighted by molar-refractivity contribution is 8.00. The van der Waals surface area contributed by atoms with Crippen molar-refractivity contribution in [3.63, 3.8) is 0 Å². The minimum atomic E-state index is -4.42. The fraction of sp³-hybridized carbons (Fsp3) is 0.500. The Morgan fingerprint density at radius 2 is 1.76 bits per heavy atom. The molecule has 1 nitrogen and oxygen atoms in total. The van der Waals surface area contributed by atoms with Gasteiger partial charge in [-0.25, -0.2) is 0 Å². The van der Waals surface area contributed by atoms with E-state index in [1.807, 2.05) is 20.8 Å². The molecule has 0 saturated carbocycles. The number of halogens is 3. The van der Waals surface area contributed by atoms with Crippen LogP contribution in [0.1, 0.15) is 31.9 Å². The lowest BCUT2D eigenvalue weighted by molar-refractivity contribution is -0.138. The first-order valence-corrected chi connectivity index (χ1v) is 5.95. The molecule has 0 saturated heterocycles. The number of aliphatic hydroxyl groups is 1. The molecule has 0 aromatic heterocycles. The van der Waals surface area contributed by atoms with Gasteiger partial charge in [0.2, 0.25) is 0 Å². The van der Waals surface area contributed by atoms with Crippen molar-refractivity contribution in [2.24, 2.45) is 0 Å². The number of rotatable bonds is 2. The monoisotopic (exact) mass is 264 g/mol. The highest BCUT2D eigenvalue weighted by Gasteiger charge is 2.33. The molecular formula is C12H15F3OS. The lowest BCUT2D eigenvalue weighted by Gasteiger charge is -2.19. The topological polar surface area (TPSA) is 20.2 Å². The van der Waals surface area contributed by atoms with Crippen LogP contribution >= 0.6 is 11.8 Å². The SMILES string of the molecule is CC(C)(C)Sc1ccc(CO)c(C(F)(F)F)c1. The molecule has 0 bridgehead atoms. The maximum Gasteiger partial charge on any atom is 0.416 e. The maximum absolute atomic E-state index is 12.7. The normalized spacial score (nSPS) is 12.9. The highest BCUT2D eigenvalue weighted by atomic mass is 32.2. The third-order valence-electron chi connectivity index (χ3n) is 1.98. The molecule has 0 amide bonds. The molecule has 1 rings (SSSR count). The summed E-state index contributed by atoms with van der Waals surface area (Å²) in [5.74, 6) is 0. The second-order valence-corrected chi connectivity index (χ2v) is 6.59. The van der Waals surface area contributed by atoms with Gasteiger partial charge in [-0.15, -0.1) is 11.8 Å². The molecule has 0 fully saturated rings. The predicted octanol–water partition coefficient (Wildman–Crippen LogP) is 4.09. The van der Waals surface area contributed by atoms with E-state index in [0.29, 0.717) is 4.90 Å². The zero-order valence-corrected chi connectivity index (χ0v) is 10.7. The molecule has 0 radical (unpaired) electrons. The van der Waals surface area contributed by atoms with Gasteiger partial charge >= 0.3 is 6.18 Å². The van der Waals surface area contributed by atoms with E-state index in [9.17, 15) is 13.2 Å². The van der Waals surface area contributed by atoms with Crippen molar-refractivity contribution in [2.75, 3.05) is 0 Å². The van der Waals surface area contributed by atoms with Crippen LogP contribution in [-0.4, -0.2) is 9.85 Å². The average Bonchev–Trinajstić information content (AvgIpc) is 2.13. The molecule has 0 atom stereocenters. The zero-order chi connectivity index (χ0) is 13.3. The number of aliphatic hydroxyl groups excluding tert-OH is 1. The van der Waals surface area contributed by atoms with Crippen molar-refractivity contribution in [1.29, 1.82) is 0 Å². The van der Waals surface area contributed by atoms with Crippen molar-refractivity contribution >= 4 is 11.8 Å². The van der Waals surface area contributed by atoms with Gasteiger partial charge in [0.1, 0.15) is 0 Å². The standard InChI is InChI=1S/C12H15F3OS/c1-11(2,3)17-9-5-4-8(7-16)10(6-9)12(13,14)15/h4-6,16H,7H2,1-3H3. The Bertz CT molecular complexity index is 394. The minimum Gasteiger partial charge on any atom is -0.392 e. The summed E-state index contributed by atoms with van der Waals surface area (Å²) in [4.78, 5) is 0.557. The zero-order valence-electron chi connectivity index (χ0n) is 9.93. The number of hydrogen-bond acceptors (Lipinski definition) is 2. The average molecular weight is 264 g/mol. The van der Waals surface area contributed by atoms with Crippen LogP contribution < -0.4 is 0 Å². The summed E-state index contributed by atoms with van der Waals surface area (Å²) in [6.07, 6.45) is -4.42. The molecular weight excluding hydrogens is 249 g/mol. The maximum atomic E-state index is 12.7. The van der Waals surface area contributed by atoms with E-state index in [4.69, 9.17) is 5.11 Å². The van der Waals surface area contributed by atoms with E-state index in [2.05, 4.69) is 0 Å². The molecule has 1 aromatic rings. The summed E-state index contributed by atoms with van der Waals surface area (Å²) in [6.45, 7) is 5.20. The number of hydrogen-bond donors (Lipinski definition) is 1. The first-order valence-electron chi connectivity index (χ1n) is 5.13. The van der Waals surface area contributed by atoms with Crippen molar-refractivity contribution in [1.82, 2.24) is 0 Å². The Hall–Kier alpha value is -0.680. The number of alkyl halides is 3. The van der Waals surface area contributed by atoms with Crippen LogP contribution in [0.2, 0.25) is 0 Å². The van der Waals surface area contributed by atoms with Gasteiger partial charge in [-0.2, -0.15) is 13.2 Å². The molecule has 0 heterocycles. The predicted molar refractivity (Wildman–Crippen MR) is 63.0 cm³/mol. The second kappa shape index (κ2) is 4.90. The summed E-state index contributed by atoms with van der Waals surface area (Å²) < 4.78 is 38.0. The minimum absolute atomic E-state index is 0.0873. The van der Waals surface area contributed by atoms with Gasteiger partial charge in [0.25, 0.3) is 0 Å². The van der Waals surface area contributed by atoms with Crippen LogP contribution in [0.3, 0.4) is 0 Å². The van der Waals surface area contributed by atoms with Crippen LogP contribution in [0.15, 0.2) is 23.1 Å². The van der Waals surface area contributed by atoms with E-state index in [1.54, 1.807) is 6.07 Å². The van der Waals surface area contributed by atoms with Gasteiger partial charge in [0.15, 0.2) is 0 Å².